The monoisotopic (exact) mass is 463 g/mol. The molecule has 7 nitrogen and oxygen atoms in total. The molecule has 164 valence electrons. The Morgan fingerprint density at radius 1 is 1.20 bits per heavy atom. The summed E-state index contributed by atoms with van der Waals surface area (Å²) in [5.41, 5.74) is 0. The van der Waals surface area contributed by atoms with Crippen LogP contribution >= 0.6 is 0 Å². The molecule has 1 aliphatic heterocycles. The van der Waals surface area contributed by atoms with Gasteiger partial charge in [0.05, 0.1) is 16.4 Å². The summed E-state index contributed by atoms with van der Waals surface area (Å²) in [6.45, 7) is 5.22. The fourth-order valence-corrected chi connectivity index (χ4v) is 6.12. The van der Waals surface area contributed by atoms with Crippen LogP contribution in [0.5, 0.6) is 0 Å². The molecule has 2 heterocycles. The van der Waals surface area contributed by atoms with Gasteiger partial charge in [-0.2, -0.15) is 0 Å². The Morgan fingerprint density at radius 2 is 1.90 bits per heavy atom. The van der Waals surface area contributed by atoms with Gasteiger partial charge < -0.3 is 14.0 Å². The molecule has 30 heavy (non-hydrogen) atoms. The van der Waals surface area contributed by atoms with Crippen molar-refractivity contribution in [2.75, 3.05) is 6.54 Å². The summed E-state index contributed by atoms with van der Waals surface area (Å²) in [6, 6.07) is 0.498. The number of likely N-dealkylation sites (tertiary alicyclic amines) is 1. The van der Waals surface area contributed by atoms with Gasteiger partial charge in [-0.1, -0.05) is 13.8 Å². The third kappa shape index (κ3) is 6.86. The predicted molar refractivity (Wildman–Crippen MR) is 110 cm³/mol. The number of carbonyl (C=O) groups is 1. The fourth-order valence-electron chi connectivity index (χ4n) is 5.27. The summed E-state index contributed by atoms with van der Waals surface area (Å²) in [5.74, 6) is 1.06. The molecule has 2 aliphatic rings. The maximum atomic E-state index is 12.5. The van der Waals surface area contributed by atoms with Gasteiger partial charge in [-0.05, 0) is 63.2 Å². The first-order valence-electron chi connectivity index (χ1n) is 11.0. The summed E-state index contributed by atoms with van der Waals surface area (Å²) < 4.78 is 36.1. The summed E-state index contributed by atoms with van der Waals surface area (Å²) in [5, 5.41) is -0.715. The van der Waals surface area contributed by atoms with E-state index in [0.717, 1.165) is 45.1 Å². The van der Waals surface area contributed by atoms with Gasteiger partial charge in [0, 0.05) is 42.7 Å². The van der Waals surface area contributed by atoms with E-state index in [0.29, 0.717) is 37.1 Å². The average Bonchev–Trinajstić information content (AvgIpc) is 3.36. The van der Waals surface area contributed by atoms with Crippen molar-refractivity contribution < 1.29 is 69.1 Å². The number of imidazole rings is 1. The summed E-state index contributed by atoms with van der Waals surface area (Å²) >= 11 is 0. The second kappa shape index (κ2) is 11.9. The van der Waals surface area contributed by atoms with E-state index in [9.17, 15) is 17.8 Å². The zero-order valence-electron chi connectivity index (χ0n) is 18.6. The average molecular weight is 464 g/mol. The van der Waals surface area contributed by atoms with Crippen molar-refractivity contribution in [1.29, 1.82) is 0 Å². The van der Waals surface area contributed by atoms with Crippen LogP contribution in [0.4, 0.5) is 0 Å². The topological polar surface area (TPSA) is 95.3 Å². The number of hydrogen-bond donors (Lipinski definition) is 0. The molecule has 3 rings (SSSR count). The fraction of sp³-hybridized carbons (Fsp3) is 0.810. The summed E-state index contributed by atoms with van der Waals surface area (Å²) in [7, 11) is -4.17. The molecule has 0 bridgehead atoms. The van der Waals surface area contributed by atoms with E-state index in [1.54, 1.807) is 6.20 Å². The molecule has 3 atom stereocenters. The molecule has 0 aromatic carbocycles. The van der Waals surface area contributed by atoms with E-state index >= 15 is 0 Å². The van der Waals surface area contributed by atoms with Crippen molar-refractivity contribution in [3.8, 4) is 0 Å². The third-order valence-electron chi connectivity index (χ3n) is 7.09. The van der Waals surface area contributed by atoms with Gasteiger partial charge in [0.25, 0.3) is 0 Å². The van der Waals surface area contributed by atoms with Gasteiger partial charge in [-0.25, -0.2) is 13.4 Å². The van der Waals surface area contributed by atoms with E-state index in [1.807, 2.05) is 12.5 Å². The maximum absolute atomic E-state index is 12.5. The normalized spacial score (nSPS) is 25.6. The van der Waals surface area contributed by atoms with Crippen molar-refractivity contribution in [3.05, 3.63) is 18.7 Å². The number of hydrogen-bond acceptors (Lipinski definition) is 5. The second-order valence-electron chi connectivity index (χ2n) is 8.89. The quantitative estimate of drug-likeness (QED) is 0.389. The molecule has 9 heteroatoms. The molecular weight excluding hydrogens is 429 g/mol. The molecule has 1 saturated heterocycles. The predicted octanol–water partition coefficient (Wildman–Crippen LogP) is 0.350. The van der Waals surface area contributed by atoms with Crippen LogP contribution in [0.15, 0.2) is 18.7 Å². The van der Waals surface area contributed by atoms with Gasteiger partial charge in [0.2, 0.25) is 5.91 Å². The van der Waals surface area contributed by atoms with E-state index in [4.69, 9.17) is 0 Å². The van der Waals surface area contributed by atoms with E-state index < -0.39 is 15.4 Å². The van der Waals surface area contributed by atoms with Crippen molar-refractivity contribution in [2.45, 2.75) is 89.0 Å². The molecule has 2 fully saturated rings. The molecule has 1 aliphatic carbocycles. The molecular formula is C21H34KN3O4S. The van der Waals surface area contributed by atoms with Crippen molar-refractivity contribution in [2.24, 2.45) is 11.8 Å². The molecule has 1 aromatic heterocycles. The van der Waals surface area contributed by atoms with Crippen LogP contribution in [0, 0.1) is 11.8 Å². The summed E-state index contributed by atoms with van der Waals surface area (Å²) in [6.07, 6.45) is 12.5. The third-order valence-corrected chi connectivity index (χ3v) is 8.38. The summed E-state index contributed by atoms with van der Waals surface area (Å²) in [4.78, 5) is 18.7. The Kier molecular flexibility index (Phi) is 10.5. The van der Waals surface area contributed by atoms with E-state index in [1.165, 1.54) is 0 Å². The number of aromatic nitrogens is 2. The van der Waals surface area contributed by atoms with Crippen LogP contribution in [0.2, 0.25) is 0 Å². The Bertz CT molecular complexity index is 763. The van der Waals surface area contributed by atoms with Gasteiger partial charge in [0.1, 0.15) is 0 Å². The Hall–Kier alpha value is 0.226. The van der Waals surface area contributed by atoms with Gasteiger partial charge in [-0.3, -0.25) is 4.79 Å². The maximum Gasteiger partial charge on any atom is 1.00 e. The largest absolute Gasteiger partial charge is 1.00 e. The smallest absolute Gasteiger partial charge is 0.748 e. The molecule has 3 unspecified atom stereocenters. The first kappa shape index (κ1) is 26.5. The number of carbonyl (C=O) groups excluding carboxylic acids is 1. The molecule has 1 aromatic rings. The van der Waals surface area contributed by atoms with Crippen LogP contribution in [-0.4, -0.2) is 51.2 Å². The van der Waals surface area contributed by atoms with Crippen LogP contribution in [-0.2, 0) is 14.9 Å². The van der Waals surface area contributed by atoms with Crippen LogP contribution in [0.25, 0.3) is 0 Å². The minimum atomic E-state index is -4.17. The van der Waals surface area contributed by atoms with Gasteiger partial charge >= 0.3 is 51.4 Å². The Morgan fingerprint density at radius 3 is 2.40 bits per heavy atom. The Labute approximate surface area is 223 Å². The first-order valence-corrected chi connectivity index (χ1v) is 12.5. The van der Waals surface area contributed by atoms with Gasteiger partial charge in [-0.15, -0.1) is 0 Å². The van der Waals surface area contributed by atoms with Crippen LogP contribution in [0.1, 0.15) is 77.7 Å². The minimum absolute atomic E-state index is 0. The second-order valence-corrected chi connectivity index (χ2v) is 10.5. The molecule has 1 amide bonds. The standard InChI is InChI=1S/C21H35N3O4S.K/c1-3-18(23-12-10-22-15-23)14-19(24-11-4-5-21(24)25)13-16(2)17-6-8-20(9-7-17)29(26,27)28;/h10,12,15-20H,3-9,11,13-14H2,1-2H3,(H,26,27,28);/q;+1/p-1. The zero-order chi connectivity index (χ0) is 21.0. The van der Waals surface area contributed by atoms with Crippen molar-refractivity contribution >= 4 is 16.0 Å². The van der Waals surface area contributed by atoms with E-state index in [-0.39, 0.29) is 63.3 Å². The SMILES string of the molecule is CCC(CC(CC(C)C1CCC(S(=O)(=O)[O-])CC1)N1CCCC1=O)n1ccnc1.[K+]. The molecule has 0 N–H and O–H groups in total. The van der Waals surface area contributed by atoms with Crippen LogP contribution in [0.3, 0.4) is 0 Å². The Balaban J connectivity index is 0.00000320. The zero-order valence-corrected chi connectivity index (χ0v) is 22.5. The van der Waals surface area contributed by atoms with E-state index in [2.05, 4.69) is 28.3 Å². The molecule has 1 saturated carbocycles. The van der Waals surface area contributed by atoms with Crippen molar-refractivity contribution in [3.63, 3.8) is 0 Å². The van der Waals surface area contributed by atoms with Crippen LogP contribution < -0.4 is 51.4 Å². The van der Waals surface area contributed by atoms with Crippen molar-refractivity contribution in [1.82, 2.24) is 14.5 Å². The van der Waals surface area contributed by atoms with Gasteiger partial charge in [0.15, 0.2) is 0 Å². The number of nitrogens with zero attached hydrogens (tertiary/aromatic N) is 3. The molecule has 0 radical (unpaired) electrons. The first-order chi connectivity index (χ1) is 13.8. The number of rotatable bonds is 9. The number of amides is 1. The molecule has 0 spiro atoms. The minimum Gasteiger partial charge on any atom is -0.748 e.